The van der Waals surface area contributed by atoms with Crippen molar-refractivity contribution in [3.05, 3.63) is 35.4 Å². The molecule has 0 aromatic heterocycles. The van der Waals surface area contributed by atoms with Gasteiger partial charge in [-0.1, -0.05) is 45.0 Å². The summed E-state index contributed by atoms with van der Waals surface area (Å²) in [6.07, 6.45) is 2.01. The molecule has 1 aromatic carbocycles. The van der Waals surface area contributed by atoms with E-state index in [0.717, 1.165) is 12.0 Å². The molecular weight excluding hydrogens is 258 g/mol. The Morgan fingerprint density at radius 1 is 1.16 bits per heavy atom. The Hall–Kier alpha value is -0.870. The van der Waals surface area contributed by atoms with E-state index in [1.807, 2.05) is 0 Å². The van der Waals surface area contributed by atoms with E-state index in [0.29, 0.717) is 0 Å². The van der Waals surface area contributed by atoms with Crippen LogP contribution < -0.4 is 5.32 Å². The normalized spacial score (nSPS) is 14.4. The summed E-state index contributed by atoms with van der Waals surface area (Å²) in [6.45, 7) is 6.55. The van der Waals surface area contributed by atoms with E-state index in [1.54, 1.807) is 7.05 Å². The van der Waals surface area contributed by atoms with Gasteiger partial charge in [0.15, 0.2) is 0 Å². The van der Waals surface area contributed by atoms with Crippen LogP contribution in [0.15, 0.2) is 24.3 Å². The molecule has 0 saturated carbocycles. The highest BCUT2D eigenvalue weighted by Gasteiger charge is 2.16. The molecule has 0 heterocycles. The molecule has 0 spiro atoms. The summed E-state index contributed by atoms with van der Waals surface area (Å²) in [4.78, 5) is 0. The summed E-state index contributed by atoms with van der Waals surface area (Å²) >= 11 is 0. The van der Waals surface area contributed by atoms with Gasteiger partial charge in [0, 0.05) is 12.3 Å². The van der Waals surface area contributed by atoms with E-state index in [2.05, 4.69) is 50.4 Å². The fourth-order valence-electron chi connectivity index (χ4n) is 2.04. The van der Waals surface area contributed by atoms with Gasteiger partial charge in [-0.3, -0.25) is 0 Å². The fraction of sp³-hybridized carbons (Fsp3) is 0.600. The molecule has 4 heteroatoms. The van der Waals surface area contributed by atoms with Gasteiger partial charge < -0.3 is 5.32 Å². The molecule has 108 valence electrons. The third-order valence-corrected chi connectivity index (χ3v) is 4.22. The minimum absolute atomic E-state index is 0.0320. The van der Waals surface area contributed by atoms with Crippen molar-refractivity contribution in [2.45, 2.75) is 38.6 Å². The van der Waals surface area contributed by atoms with Crippen molar-refractivity contribution in [3.63, 3.8) is 0 Å². The molecule has 0 radical (unpaired) electrons. The van der Waals surface area contributed by atoms with Crippen LogP contribution in [0.2, 0.25) is 0 Å². The number of benzene rings is 1. The molecule has 3 nitrogen and oxygen atoms in total. The zero-order valence-corrected chi connectivity index (χ0v) is 13.3. The molecule has 1 rings (SSSR count). The minimum atomic E-state index is -2.95. The molecule has 1 unspecified atom stereocenters. The lowest BCUT2D eigenvalue weighted by molar-refractivity contribution is 0.566. The molecule has 0 aliphatic rings. The van der Waals surface area contributed by atoms with E-state index in [4.69, 9.17) is 0 Å². The standard InChI is InChI=1S/C15H25NO2S/c1-15(2,3)13-8-6-12(7-9-13)10-14(16-4)11-19(5,17)18/h6-9,14,16H,10-11H2,1-5H3. The van der Waals surface area contributed by atoms with Crippen LogP contribution in [0.25, 0.3) is 0 Å². The lowest BCUT2D eigenvalue weighted by atomic mass is 9.86. The van der Waals surface area contributed by atoms with Crippen molar-refractivity contribution < 1.29 is 8.42 Å². The topological polar surface area (TPSA) is 46.2 Å². The maximum Gasteiger partial charge on any atom is 0.148 e. The Morgan fingerprint density at radius 3 is 2.05 bits per heavy atom. The van der Waals surface area contributed by atoms with Crippen LogP contribution in [0.4, 0.5) is 0 Å². The maximum atomic E-state index is 11.3. The smallest absolute Gasteiger partial charge is 0.148 e. The second-order valence-corrected chi connectivity index (χ2v) is 8.41. The van der Waals surface area contributed by atoms with E-state index < -0.39 is 9.84 Å². The highest BCUT2D eigenvalue weighted by molar-refractivity contribution is 7.90. The number of nitrogens with one attached hydrogen (secondary N) is 1. The third-order valence-electron chi connectivity index (χ3n) is 3.21. The average Bonchev–Trinajstić information content (AvgIpc) is 2.26. The molecule has 0 fully saturated rings. The Labute approximate surface area is 117 Å². The van der Waals surface area contributed by atoms with Gasteiger partial charge in [0.05, 0.1) is 5.75 Å². The van der Waals surface area contributed by atoms with E-state index >= 15 is 0 Å². The number of likely N-dealkylation sites (N-methyl/N-ethyl adjacent to an activating group) is 1. The number of rotatable bonds is 5. The Kier molecular flexibility index (Phi) is 5.16. The monoisotopic (exact) mass is 283 g/mol. The number of hydrogen-bond acceptors (Lipinski definition) is 3. The van der Waals surface area contributed by atoms with Crippen molar-refractivity contribution >= 4 is 9.84 Å². The minimum Gasteiger partial charge on any atom is -0.316 e. The molecule has 0 aliphatic carbocycles. The third kappa shape index (κ3) is 5.74. The largest absolute Gasteiger partial charge is 0.316 e. The summed E-state index contributed by atoms with van der Waals surface area (Å²) in [6, 6.07) is 8.40. The van der Waals surface area contributed by atoms with Crippen molar-refractivity contribution in [2.75, 3.05) is 19.1 Å². The highest BCUT2D eigenvalue weighted by Crippen LogP contribution is 2.22. The van der Waals surface area contributed by atoms with E-state index in [-0.39, 0.29) is 17.2 Å². The van der Waals surface area contributed by atoms with Crippen molar-refractivity contribution in [1.82, 2.24) is 5.32 Å². The molecule has 0 saturated heterocycles. The Bertz CT molecular complexity index is 498. The SMILES string of the molecule is CNC(Cc1ccc(C(C)(C)C)cc1)CS(C)(=O)=O. The van der Waals surface area contributed by atoms with Crippen LogP contribution in [0.3, 0.4) is 0 Å². The second-order valence-electron chi connectivity index (χ2n) is 6.23. The maximum absolute atomic E-state index is 11.3. The lowest BCUT2D eigenvalue weighted by Crippen LogP contribution is -2.34. The predicted molar refractivity (Wildman–Crippen MR) is 81.4 cm³/mol. The molecule has 0 amide bonds. The Morgan fingerprint density at radius 2 is 1.68 bits per heavy atom. The summed E-state index contributed by atoms with van der Waals surface area (Å²) in [7, 11) is -1.14. The zero-order chi connectivity index (χ0) is 14.7. The van der Waals surface area contributed by atoms with Crippen molar-refractivity contribution in [2.24, 2.45) is 0 Å². The first-order valence-electron chi connectivity index (χ1n) is 6.56. The van der Waals surface area contributed by atoms with Crippen molar-refractivity contribution in [3.8, 4) is 0 Å². The molecule has 1 atom stereocenters. The van der Waals surface area contributed by atoms with Gasteiger partial charge in [-0.15, -0.1) is 0 Å². The van der Waals surface area contributed by atoms with Gasteiger partial charge in [0.2, 0.25) is 0 Å². The van der Waals surface area contributed by atoms with Gasteiger partial charge in [0.25, 0.3) is 0 Å². The number of hydrogen-bond donors (Lipinski definition) is 1. The summed E-state index contributed by atoms with van der Waals surface area (Å²) in [5.41, 5.74) is 2.60. The van der Waals surface area contributed by atoms with Gasteiger partial charge >= 0.3 is 0 Å². The first-order chi connectivity index (χ1) is 8.62. The molecule has 19 heavy (non-hydrogen) atoms. The molecular formula is C15H25NO2S. The number of sulfone groups is 1. The molecule has 0 aliphatic heterocycles. The van der Waals surface area contributed by atoms with Gasteiger partial charge in [-0.05, 0) is 30.0 Å². The molecule has 1 N–H and O–H groups in total. The van der Waals surface area contributed by atoms with Gasteiger partial charge in [0.1, 0.15) is 9.84 Å². The average molecular weight is 283 g/mol. The van der Waals surface area contributed by atoms with E-state index in [1.165, 1.54) is 11.8 Å². The predicted octanol–water partition coefficient (Wildman–Crippen LogP) is 2.16. The quantitative estimate of drug-likeness (QED) is 0.901. The molecule has 0 bridgehead atoms. The van der Waals surface area contributed by atoms with Gasteiger partial charge in [-0.25, -0.2) is 8.42 Å². The Balaban J connectivity index is 2.76. The van der Waals surface area contributed by atoms with Crippen LogP contribution >= 0.6 is 0 Å². The van der Waals surface area contributed by atoms with Crippen LogP contribution in [-0.2, 0) is 21.7 Å². The second kappa shape index (κ2) is 6.06. The van der Waals surface area contributed by atoms with Crippen LogP contribution in [-0.4, -0.2) is 33.5 Å². The zero-order valence-electron chi connectivity index (χ0n) is 12.5. The molecule has 1 aromatic rings. The summed E-state index contributed by atoms with van der Waals surface area (Å²) in [5.74, 6) is 0.171. The summed E-state index contributed by atoms with van der Waals surface area (Å²) < 4.78 is 22.7. The first kappa shape index (κ1) is 16.2. The van der Waals surface area contributed by atoms with E-state index in [9.17, 15) is 8.42 Å². The van der Waals surface area contributed by atoms with Crippen LogP contribution in [0.1, 0.15) is 31.9 Å². The van der Waals surface area contributed by atoms with Crippen molar-refractivity contribution in [1.29, 1.82) is 0 Å². The van der Waals surface area contributed by atoms with Crippen LogP contribution in [0, 0.1) is 0 Å². The lowest BCUT2D eigenvalue weighted by Gasteiger charge is -2.20. The summed E-state index contributed by atoms with van der Waals surface area (Å²) in [5, 5.41) is 3.07. The highest BCUT2D eigenvalue weighted by atomic mass is 32.2. The fourth-order valence-corrected chi connectivity index (χ4v) is 3.05. The van der Waals surface area contributed by atoms with Gasteiger partial charge in [-0.2, -0.15) is 0 Å². The first-order valence-corrected chi connectivity index (χ1v) is 8.62. The van der Waals surface area contributed by atoms with Crippen LogP contribution in [0.5, 0.6) is 0 Å².